The predicted octanol–water partition coefficient (Wildman–Crippen LogP) is 2.47. The molecule has 0 radical (unpaired) electrons. The molecule has 1 N–H and O–H groups in total. The normalized spacial score (nSPS) is 22.4. The molecule has 1 unspecified atom stereocenters. The first-order valence-electron chi connectivity index (χ1n) is 11.2. The number of rotatable bonds is 7. The summed E-state index contributed by atoms with van der Waals surface area (Å²) in [4.78, 5) is 49.1. The topological polar surface area (TPSA) is 161 Å². The van der Waals surface area contributed by atoms with Crippen LogP contribution < -0.4 is 15.8 Å². The molecule has 0 saturated heterocycles. The molecule has 37 heavy (non-hydrogen) atoms. The number of carbonyl (C=O) groups excluding carboxylic acids is 2. The van der Waals surface area contributed by atoms with Gasteiger partial charge in [-0.3, -0.25) is 33.0 Å². The summed E-state index contributed by atoms with van der Waals surface area (Å²) in [5, 5.41) is 0. The molecule has 0 aliphatic carbocycles. The first kappa shape index (κ1) is 26.6. The van der Waals surface area contributed by atoms with E-state index in [4.69, 9.17) is 27.8 Å². The van der Waals surface area contributed by atoms with Crippen LogP contribution in [-0.2, 0) is 44.0 Å². The molecule has 0 spiro atoms. The standard InChI is InChI=1S/C23H25N2O11P/c1-12-7-16-10-31-37(30,36-20(16)18(8-12)22(33-14(3)26)34-15(4)27)32-11-17-5-6-19(35-17)25-9-13(2)21(28)24-23(25)29/h5-9,17,19,22H,10-11H2,1-4H3,(H,24,28,29)/t17-,19+,37?/m0/s1. The summed E-state index contributed by atoms with van der Waals surface area (Å²) in [6, 6.07) is 3.29. The van der Waals surface area contributed by atoms with E-state index in [1.807, 2.05) is 0 Å². The van der Waals surface area contributed by atoms with Crippen molar-refractivity contribution < 1.29 is 41.9 Å². The maximum atomic E-state index is 13.3. The van der Waals surface area contributed by atoms with Crippen LogP contribution in [0.4, 0.5) is 0 Å². The second-order valence-corrected chi connectivity index (χ2v) is 10.0. The van der Waals surface area contributed by atoms with Gasteiger partial charge in [0, 0.05) is 31.2 Å². The van der Waals surface area contributed by atoms with E-state index in [1.54, 1.807) is 38.1 Å². The minimum Gasteiger partial charge on any atom is -0.421 e. The minimum atomic E-state index is -4.17. The highest BCUT2D eigenvalue weighted by molar-refractivity contribution is 7.49. The van der Waals surface area contributed by atoms with Gasteiger partial charge in [0.2, 0.25) is 0 Å². The fourth-order valence-electron chi connectivity index (χ4n) is 3.76. The Morgan fingerprint density at radius 3 is 2.54 bits per heavy atom. The fraction of sp³-hybridized carbons (Fsp3) is 0.391. The predicted molar refractivity (Wildman–Crippen MR) is 126 cm³/mol. The van der Waals surface area contributed by atoms with Crippen LogP contribution in [0.15, 0.2) is 40.1 Å². The van der Waals surface area contributed by atoms with Crippen molar-refractivity contribution in [1.29, 1.82) is 0 Å². The Bertz CT molecular complexity index is 1410. The van der Waals surface area contributed by atoms with Crippen LogP contribution in [0.1, 0.15) is 48.6 Å². The number of ether oxygens (including phenoxy) is 3. The van der Waals surface area contributed by atoms with E-state index in [9.17, 15) is 23.7 Å². The molecule has 0 fully saturated rings. The van der Waals surface area contributed by atoms with E-state index < -0.39 is 49.6 Å². The average molecular weight is 536 g/mol. The molecule has 3 atom stereocenters. The highest BCUT2D eigenvalue weighted by Crippen LogP contribution is 2.56. The van der Waals surface area contributed by atoms with Crippen molar-refractivity contribution in [2.24, 2.45) is 0 Å². The van der Waals surface area contributed by atoms with Gasteiger partial charge >= 0.3 is 25.5 Å². The molecule has 4 rings (SSSR count). The number of esters is 2. The summed E-state index contributed by atoms with van der Waals surface area (Å²) in [6.45, 7) is 5.23. The van der Waals surface area contributed by atoms with Gasteiger partial charge in [0.1, 0.15) is 11.9 Å². The fourth-order valence-corrected chi connectivity index (χ4v) is 5.01. The van der Waals surface area contributed by atoms with Gasteiger partial charge in [-0.05, 0) is 37.6 Å². The molecule has 2 aromatic rings. The summed E-state index contributed by atoms with van der Waals surface area (Å²) < 4.78 is 47.0. The van der Waals surface area contributed by atoms with Crippen molar-refractivity contribution in [2.45, 2.75) is 52.9 Å². The third-order valence-corrected chi connectivity index (χ3v) is 6.66. The Morgan fingerprint density at radius 1 is 1.16 bits per heavy atom. The molecule has 0 amide bonds. The number of aryl methyl sites for hydroxylation is 2. The number of nitrogens with zero attached hydrogens (tertiary/aromatic N) is 1. The molecule has 3 heterocycles. The lowest BCUT2D eigenvalue weighted by molar-refractivity contribution is -0.186. The van der Waals surface area contributed by atoms with Crippen LogP contribution in [0.25, 0.3) is 0 Å². The van der Waals surface area contributed by atoms with Crippen molar-refractivity contribution in [3.8, 4) is 5.75 Å². The highest BCUT2D eigenvalue weighted by Gasteiger charge is 2.39. The first-order valence-corrected chi connectivity index (χ1v) is 12.6. The van der Waals surface area contributed by atoms with E-state index in [0.29, 0.717) is 11.1 Å². The summed E-state index contributed by atoms with van der Waals surface area (Å²) >= 11 is 0. The zero-order chi connectivity index (χ0) is 26.9. The summed E-state index contributed by atoms with van der Waals surface area (Å²) in [7, 11) is -4.17. The van der Waals surface area contributed by atoms with Crippen LogP contribution in [0.2, 0.25) is 0 Å². The van der Waals surface area contributed by atoms with Crippen molar-refractivity contribution in [3.63, 3.8) is 0 Å². The number of nitrogens with one attached hydrogen (secondary N) is 1. The van der Waals surface area contributed by atoms with Gasteiger partial charge in [-0.15, -0.1) is 0 Å². The van der Waals surface area contributed by atoms with Crippen LogP contribution in [0.5, 0.6) is 5.75 Å². The molecule has 1 aromatic heterocycles. The molecule has 0 saturated carbocycles. The van der Waals surface area contributed by atoms with Crippen molar-refractivity contribution in [3.05, 3.63) is 73.6 Å². The Balaban J connectivity index is 1.49. The second kappa shape index (κ2) is 10.5. The molecular weight excluding hydrogens is 511 g/mol. The zero-order valence-electron chi connectivity index (χ0n) is 20.4. The quantitative estimate of drug-likeness (QED) is 0.239. The third-order valence-electron chi connectivity index (χ3n) is 5.34. The highest BCUT2D eigenvalue weighted by atomic mass is 31.2. The summed E-state index contributed by atoms with van der Waals surface area (Å²) in [6.07, 6.45) is 1.61. The summed E-state index contributed by atoms with van der Waals surface area (Å²) in [5.74, 6) is -1.36. The molecular formula is C23H25N2O11P. The maximum Gasteiger partial charge on any atom is 0.530 e. The average Bonchev–Trinajstić information content (AvgIpc) is 3.28. The molecule has 1 aromatic carbocycles. The van der Waals surface area contributed by atoms with Gasteiger partial charge in [0.05, 0.1) is 18.8 Å². The Kier molecular flexibility index (Phi) is 7.51. The molecule has 198 valence electrons. The monoisotopic (exact) mass is 536 g/mol. The van der Waals surface area contributed by atoms with Gasteiger partial charge in [-0.1, -0.05) is 6.08 Å². The Hall–Kier alpha value is -3.51. The number of H-pyrrole nitrogens is 1. The minimum absolute atomic E-state index is 0.0451. The van der Waals surface area contributed by atoms with E-state index >= 15 is 0 Å². The van der Waals surface area contributed by atoms with E-state index in [1.165, 1.54) is 10.8 Å². The largest absolute Gasteiger partial charge is 0.530 e. The van der Waals surface area contributed by atoms with Gasteiger partial charge in [-0.2, -0.15) is 0 Å². The lowest BCUT2D eigenvalue weighted by Gasteiger charge is -2.29. The van der Waals surface area contributed by atoms with Gasteiger partial charge in [0.15, 0.2) is 6.23 Å². The number of aromatic nitrogens is 2. The molecule has 2 aliphatic heterocycles. The molecule has 0 bridgehead atoms. The Labute approximate surface area is 210 Å². The van der Waals surface area contributed by atoms with Gasteiger partial charge in [-0.25, -0.2) is 9.36 Å². The molecule has 2 aliphatic rings. The number of aromatic amines is 1. The third kappa shape index (κ3) is 6.08. The second-order valence-electron chi connectivity index (χ2n) is 8.43. The van der Waals surface area contributed by atoms with E-state index in [-0.39, 0.29) is 24.5 Å². The number of phosphoric ester groups is 1. The first-order chi connectivity index (χ1) is 17.4. The smallest absolute Gasteiger partial charge is 0.421 e. The van der Waals surface area contributed by atoms with Crippen LogP contribution in [0.3, 0.4) is 0 Å². The van der Waals surface area contributed by atoms with Crippen molar-refractivity contribution in [2.75, 3.05) is 6.61 Å². The summed E-state index contributed by atoms with van der Waals surface area (Å²) in [5.41, 5.74) is 0.568. The number of phosphoric acid groups is 1. The Morgan fingerprint density at radius 2 is 1.86 bits per heavy atom. The van der Waals surface area contributed by atoms with E-state index in [2.05, 4.69) is 4.98 Å². The SMILES string of the molecule is CC(=O)OC(OC(C)=O)c1cc(C)cc2c1OP(=O)(OC[C@@H]1C=C[C@H](n3cc(C)c(=O)[nH]c3=O)O1)OC2. The number of benzene rings is 1. The zero-order valence-corrected chi connectivity index (χ0v) is 21.3. The van der Waals surface area contributed by atoms with E-state index in [0.717, 1.165) is 19.4 Å². The van der Waals surface area contributed by atoms with Crippen LogP contribution in [0, 0.1) is 13.8 Å². The van der Waals surface area contributed by atoms with Crippen molar-refractivity contribution in [1.82, 2.24) is 9.55 Å². The number of hydrogen-bond donors (Lipinski definition) is 1. The maximum absolute atomic E-state index is 13.3. The number of carbonyl (C=O) groups is 2. The van der Waals surface area contributed by atoms with Gasteiger partial charge in [0.25, 0.3) is 11.8 Å². The lowest BCUT2D eigenvalue weighted by Crippen LogP contribution is -2.33. The van der Waals surface area contributed by atoms with Crippen molar-refractivity contribution >= 4 is 19.8 Å². The van der Waals surface area contributed by atoms with Crippen LogP contribution >= 0.6 is 7.82 Å². The van der Waals surface area contributed by atoms with Crippen LogP contribution in [-0.4, -0.2) is 34.2 Å². The van der Waals surface area contributed by atoms with Gasteiger partial charge < -0.3 is 18.7 Å². The number of hydrogen-bond acceptors (Lipinski definition) is 11. The number of fused-ring (bicyclic) bond motifs is 1. The molecule has 13 nitrogen and oxygen atoms in total. The molecule has 14 heteroatoms. The lowest BCUT2D eigenvalue weighted by atomic mass is 10.0.